The van der Waals surface area contributed by atoms with Crippen LogP contribution in [0.4, 0.5) is 16.2 Å². The van der Waals surface area contributed by atoms with E-state index in [0.717, 1.165) is 47.6 Å². The lowest BCUT2D eigenvalue weighted by Gasteiger charge is -2.44. The average molecular weight is 628 g/mol. The molecule has 46 heavy (non-hydrogen) atoms. The van der Waals surface area contributed by atoms with Crippen molar-refractivity contribution in [3.05, 3.63) is 129 Å². The molecule has 3 heterocycles. The lowest BCUT2D eigenvalue weighted by molar-refractivity contribution is -0.122. The number of rotatable bonds is 6. The van der Waals surface area contributed by atoms with Gasteiger partial charge in [0, 0.05) is 41.2 Å². The summed E-state index contributed by atoms with van der Waals surface area (Å²) in [5, 5.41) is 2.76. The molecule has 1 N–H and O–H groups in total. The summed E-state index contributed by atoms with van der Waals surface area (Å²) in [6.07, 6.45) is 8.56. The smallest absolute Gasteiger partial charge is 0.335 e. The van der Waals surface area contributed by atoms with Gasteiger partial charge in [-0.25, -0.2) is 9.69 Å². The molecule has 0 bridgehead atoms. The summed E-state index contributed by atoms with van der Waals surface area (Å²) >= 11 is 6.26. The second-order valence-electron chi connectivity index (χ2n) is 11.6. The van der Waals surface area contributed by atoms with Crippen molar-refractivity contribution in [2.75, 3.05) is 29.5 Å². The van der Waals surface area contributed by atoms with E-state index in [1.54, 1.807) is 18.2 Å². The summed E-state index contributed by atoms with van der Waals surface area (Å²) in [7, 11) is 0. The first kappa shape index (κ1) is 29.4. The average Bonchev–Trinajstić information content (AvgIpc) is 3.07. The summed E-state index contributed by atoms with van der Waals surface area (Å²) < 4.78 is 5.64. The molecule has 228 valence electrons. The van der Waals surface area contributed by atoms with Crippen molar-refractivity contribution in [1.82, 2.24) is 5.32 Å². The Morgan fingerprint density at radius 3 is 2.07 bits per heavy atom. The van der Waals surface area contributed by atoms with Crippen molar-refractivity contribution < 1.29 is 19.1 Å². The first-order valence-electron chi connectivity index (χ1n) is 15.2. The third-order valence-corrected chi connectivity index (χ3v) is 9.18. The minimum absolute atomic E-state index is 0.0113. The highest BCUT2D eigenvalue weighted by molar-refractivity contribution is 6.39. The Labute approximate surface area is 272 Å². The number of benzene rings is 4. The molecule has 0 unspecified atom stereocenters. The van der Waals surface area contributed by atoms with Crippen molar-refractivity contribution in [1.29, 1.82) is 0 Å². The molecule has 0 aliphatic carbocycles. The third-order valence-electron chi connectivity index (χ3n) is 8.94. The van der Waals surface area contributed by atoms with E-state index >= 15 is 0 Å². The molecule has 1 fully saturated rings. The standard InChI is InChI=1S/C38H30ClN3O4/c1-2-19-46-34-14-13-27(39)20-26(34)21-33-36(43)40-38(45)42(37(33)44)28-22-31-29(24-9-5-3-6-10-24)15-17-41-18-16-30(32(23-28)35(31)41)25-11-7-4-8-12-25/h1,3-14,20-23,29-30H,15-19H2,(H,40,43,45)/b33-21+/t29-,30-/m1/s1. The summed E-state index contributed by atoms with van der Waals surface area (Å²) in [4.78, 5) is 44.3. The van der Waals surface area contributed by atoms with Crippen molar-refractivity contribution in [3.63, 3.8) is 0 Å². The van der Waals surface area contributed by atoms with E-state index < -0.39 is 17.8 Å². The number of imide groups is 2. The highest BCUT2D eigenvalue weighted by Crippen LogP contribution is 2.50. The number of carbonyl (C=O) groups excluding carboxylic acids is 3. The van der Waals surface area contributed by atoms with Crippen LogP contribution in [0.3, 0.4) is 0 Å². The van der Waals surface area contributed by atoms with Crippen LogP contribution in [0, 0.1) is 12.3 Å². The predicted octanol–water partition coefficient (Wildman–Crippen LogP) is 6.90. The Kier molecular flexibility index (Phi) is 7.81. The fourth-order valence-corrected chi connectivity index (χ4v) is 7.08. The van der Waals surface area contributed by atoms with Crippen LogP contribution in [0.5, 0.6) is 5.75 Å². The van der Waals surface area contributed by atoms with Gasteiger partial charge in [-0.2, -0.15) is 0 Å². The molecule has 2 atom stereocenters. The molecule has 0 saturated carbocycles. The maximum atomic E-state index is 14.2. The largest absolute Gasteiger partial charge is 0.480 e. The van der Waals surface area contributed by atoms with Crippen molar-refractivity contribution in [3.8, 4) is 18.1 Å². The van der Waals surface area contributed by atoms with Crippen LogP contribution in [-0.2, 0) is 9.59 Å². The van der Waals surface area contributed by atoms with Gasteiger partial charge < -0.3 is 9.64 Å². The van der Waals surface area contributed by atoms with Crippen LogP contribution in [0.25, 0.3) is 6.08 Å². The molecule has 4 amide bonds. The topological polar surface area (TPSA) is 79.0 Å². The summed E-state index contributed by atoms with van der Waals surface area (Å²) in [6.45, 7) is 1.81. The second-order valence-corrected chi connectivity index (χ2v) is 12.0. The van der Waals surface area contributed by atoms with Crippen molar-refractivity contribution in [2.45, 2.75) is 24.7 Å². The van der Waals surface area contributed by atoms with E-state index in [4.69, 9.17) is 22.8 Å². The Balaban J connectivity index is 1.38. The van der Waals surface area contributed by atoms with Crippen molar-refractivity contribution in [2.24, 2.45) is 0 Å². The van der Waals surface area contributed by atoms with Crippen molar-refractivity contribution >= 4 is 46.9 Å². The quantitative estimate of drug-likeness (QED) is 0.143. The summed E-state index contributed by atoms with van der Waals surface area (Å²) in [6, 6.07) is 28.6. The zero-order valence-corrected chi connectivity index (χ0v) is 25.7. The lowest BCUT2D eigenvalue weighted by atomic mass is 9.76. The molecule has 3 aliphatic rings. The molecule has 4 aromatic rings. The Hall–Kier alpha value is -5.32. The van der Waals surface area contributed by atoms with Gasteiger partial charge >= 0.3 is 6.03 Å². The normalized spacial score (nSPS) is 19.8. The van der Waals surface area contributed by atoms with Gasteiger partial charge in [-0.05, 0) is 71.5 Å². The fourth-order valence-electron chi connectivity index (χ4n) is 6.90. The molecular formula is C38H30ClN3O4. The Morgan fingerprint density at radius 2 is 1.48 bits per heavy atom. The van der Waals surface area contributed by atoms with Gasteiger partial charge in [-0.15, -0.1) is 6.42 Å². The SMILES string of the molecule is C#CCOc1ccc(Cl)cc1/C=C1\C(=O)NC(=O)N(c2cc3c4c(c2)[C@@H](c2ccccc2)CCN4CC[C@@H]3c2ccccc2)C1=O. The van der Waals surface area contributed by atoms with Crippen LogP contribution in [-0.4, -0.2) is 37.5 Å². The van der Waals surface area contributed by atoms with Gasteiger partial charge in [-0.1, -0.05) is 78.2 Å². The van der Waals surface area contributed by atoms with E-state index in [0.29, 0.717) is 22.0 Å². The number of ether oxygens (including phenoxy) is 1. The Bertz CT molecular complexity index is 1860. The number of hydrogen-bond donors (Lipinski definition) is 1. The molecule has 7 nitrogen and oxygen atoms in total. The number of barbiturate groups is 1. The zero-order chi connectivity index (χ0) is 31.8. The number of urea groups is 1. The minimum atomic E-state index is -0.802. The molecule has 4 aromatic carbocycles. The Morgan fingerprint density at radius 1 is 0.870 bits per heavy atom. The van der Waals surface area contributed by atoms with E-state index in [2.05, 4.69) is 40.4 Å². The maximum Gasteiger partial charge on any atom is 0.335 e. The van der Waals surface area contributed by atoms with E-state index in [1.807, 2.05) is 48.5 Å². The molecule has 1 saturated heterocycles. The monoisotopic (exact) mass is 627 g/mol. The van der Waals surface area contributed by atoms with E-state index in [9.17, 15) is 14.4 Å². The maximum absolute atomic E-state index is 14.2. The van der Waals surface area contributed by atoms with Gasteiger partial charge in [-0.3, -0.25) is 14.9 Å². The van der Waals surface area contributed by atoms with Gasteiger partial charge in [0.15, 0.2) is 0 Å². The summed E-state index contributed by atoms with van der Waals surface area (Å²) in [5.74, 6) is 1.37. The number of nitrogens with zero attached hydrogens (tertiary/aromatic N) is 2. The van der Waals surface area contributed by atoms with E-state index in [1.165, 1.54) is 17.2 Å². The summed E-state index contributed by atoms with van der Waals surface area (Å²) in [5.41, 5.74) is 6.22. The first-order chi connectivity index (χ1) is 22.4. The van der Waals surface area contributed by atoms with Crippen LogP contribution < -0.4 is 19.9 Å². The highest BCUT2D eigenvalue weighted by atomic mass is 35.5. The number of hydrogen-bond acceptors (Lipinski definition) is 5. The molecular weight excluding hydrogens is 598 g/mol. The highest BCUT2D eigenvalue weighted by Gasteiger charge is 2.40. The predicted molar refractivity (Wildman–Crippen MR) is 179 cm³/mol. The molecule has 0 aromatic heterocycles. The van der Waals surface area contributed by atoms with Crippen LogP contribution >= 0.6 is 11.6 Å². The molecule has 7 rings (SSSR count). The number of anilines is 2. The molecule has 0 spiro atoms. The number of terminal acetylenes is 1. The first-order valence-corrected chi connectivity index (χ1v) is 15.6. The number of amides is 4. The minimum Gasteiger partial charge on any atom is -0.480 e. The van der Waals surface area contributed by atoms with E-state index in [-0.39, 0.29) is 24.0 Å². The zero-order valence-electron chi connectivity index (χ0n) is 24.9. The number of nitrogens with one attached hydrogen (secondary N) is 1. The fraction of sp³-hybridized carbons (Fsp3) is 0.184. The van der Waals surface area contributed by atoms with Gasteiger partial charge in [0.1, 0.15) is 17.9 Å². The second kappa shape index (κ2) is 12.2. The number of halogens is 1. The number of carbonyl (C=O) groups is 3. The molecule has 8 heteroatoms. The van der Waals surface area contributed by atoms with Crippen LogP contribution in [0.15, 0.2) is 96.6 Å². The van der Waals surface area contributed by atoms with Crippen LogP contribution in [0.1, 0.15) is 52.5 Å². The van der Waals surface area contributed by atoms with Gasteiger partial charge in [0.2, 0.25) is 0 Å². The molecule has 0 radical (unpaired) electrons. The van der Waals surface area contributed by atoms with Crippen LogP contribution in [0.2, 0.25) is 5.02 Å². The van der Waals surface area contributed by atoms with Gasteiger partial charge in [0.05, 0.1) is 5.69 Å². The van der Waals surface area contributed by atoms with Gasteiger partial charge in [0.25, 0.3) is 11.8 Å². The lowest BCUT2D eigenvalue weighted by Crippen LogP contribution is -2.54. The third kappa shape index (κ3) is 5.31. The molecule has 3 aliphatic heterocycles.